The zero-order chi connectivity index (χ0) is 19.9. The summed E-state index contributed by atoms with van der Waals surface area (Å²) in [5.41, 5.74) is 0.222. The minimum atomic E-state index is -0.174. The number of epoxide rings is 1. The van der Waals surface area contributed by atoms with Gasteiger partial charge in [0.15, 0.2) is 0 Å². The summed E-state index contributed by atoms with van der Waals surface area (Å²) in [5, 5.41) is 0. The Morgan fingerprint density at radius 3 is 2.39 bits per heavy atom. The molecule has 0 aromatic heterocycles. The fraction of sp³-hybridized carbons (Fsp3) is 0.913. The van der Waals surface area contributed by atoms with Gasteiger partial charge in [0.2, 0.25) is 0 Å². The van der Waals surface area contributed by atoms with Gasteiger partial charge in [-0.05, 0) is 62.7 Å². The van der Waals surface area contributed by atoms with Crippen LogP contribution in [0.25, 0.3) is 0 Å². The summed E-state index contributed by atoms with van der Waals surface area (Å²) in [6, 6.07) is 0. The number of carbonyl (C=O) groups is 2. The van der Waals surface area contributed by atoms with E-state index in [1.54, 1.807) is 0 Å². The highest BCUT2D eigenvalue weighted by molar-refractivity contribution is 5.66. The molecular formula is C23H34O5. The van der Waals surface area contributed by atoms with Crippen molar-refractivity contribution in [1.29, 1.82) is 0 Å². The van der Waals surface area contributed by atoms with Crippen molar-refractivity contribution in [3.05, 3.63) is 0 Å². The molecule has 5 nitrogen and oxygen atoms in total. The predicted molar refractivity (Wildman–Crippen MR) is 102 cm³/mol. The molecule has 5 fully saturated rings. The maximum Gasteiger partial charge on any atom is 0.302 e. The Labute approximate surface area is 167 Å². The van der Waals surface area contributed by atoms with Crippen molar-refractivity contribution < 1.29 is 23.8 Å². The summed E-state index contributed by atoms with van der Waals surface area (Å²) in [4.78, 5) is 23.1. The number of ether oxygens (including phenoxy) is 3. The summed E-state index contributed by atoms with van der Waals surface area (Å²) in [6.07, 6.45) is 8.95. The normalized spacial score (nSPS) is 53.9. The van der Waals surface area contributed by atoms with E-state index < -0.39 is 0 Å². The fourth-order valence-corrected chi connectivity index (χ4v) is 8.32. The number of rotatable bonds is 2. The third-order valence-corrected chi connectivity index (χ3v) is 9.59. The summed E-state index contributed by atoms with van der Waals surface area (Å²) >= 11 is 0. The lowest BCUT2D eigenvalue weighted by Crippen LogP contribution is -2.59. The minimum absolute atomic E-state index is 0.0146. The second-order valence-electron chi connectivity index (χ2n) is 10.7. The van der Waals surface area contributed by atoms with Crippen molar-refractivity contribution in [1.82, 2.24) is 0 Å². The Balaban J connectivity index is 1.39. The Hall–Kier alpha value is -1.10. The number of hydrogen-bond donors (Lipinski definition) is 0. The molecule has 5 aliphatic rings. The molecule has 5 heteroatoms. The molecule has 28 heavy (non-hydrogen) atoms. The molecule has 9 unspecified atom stereocenters. The van der Waals surface area contributed by atoms with Crippen molar-refractivity contribution >= 4 is 11.9 Å². The smallest absolute Gasteiger partial charge is 0.302 e. The molecular weight excluding hydrogens is 356 g/mol. The molecule has 0 N–H and O–H groups in total. The molecule has 0 bridgehead atoms. The Morgan fingerprint density at radius 2 is 1.68 bits per heavy atom. The average molecular weight is 391 g/mol. The van der Waals surface area contributed by atoms with E-state index in [1.807, 2.05) is 0 Å². The van der Waals surface area contributed by atoms with Gasteiger partial charge in [-0.1, -0.05) is 13.8 Å². The van der Waals surface area contributed by atoms with Crippen molar-refractivity contribution in [3.63, 3.8) is 0 Å². The van der Waals surface area contributed by atoms with Crippen molar-refractivity contribution in [3.8, 4) is 0 Å². The predicted octanol–water partition coefficient (Wildman–Crippen LogP) is 4.02. The van der Waals surface area contributed by atoms with Gasteiger partial charge in [0.1, 0.15) is 17.8 Å². The van der Waals surface area contributed by atoms with E-state index in [0.29, 0.717) is 23.9 Å². The van der Waals surface area contributed by atoms with Crippen molar-refractivity contribution in [2.45, 2.75) is 103 Å². The third-order valence-electron chi connectivity index (χ3n) is 9.59. The van der Waals surface area contributed by atoms with Gasteiger partial charge in [0.25, 0.3) is 0 Å². The topological polar surface area (TPSA) is 65.1 Å². The number of fused-ring (bicyclic) bond motifs is 4. The van der Waals surface area contributed by atoms with Gasteiger partial charge in [-0.2, -0.15) is 0 Å². The van der Waals surface area contributed by atoms with Crippen molar-refractivity contribution in [2.75, 3.05) is 0 Å². The Morgan fingerprint density at radius 1 is 0.929 bits per heavy atom. The lowest BCUT2D eigenvalue weighted by atomic mass is 9.45. The van der Waals surface area contributed by atoms with E-state index in [-0.39, 0.29) is 40.6 Å². The molecule has 1 aliphatic heterocycles. The van der Waals surface area contributed by atoms with Gasteiger partial charge in [-0.25, -0.2) is 0 Å². The third kappa shape index (κ3) is 2.41. The molecule has 1 heterocycles. The maximum atomic E-state index is 11.6. The first-order valence-electron chi connectivity index (χ1n) is 11.2. The highest BCUT2D eigenvalue weighted by Crippen LogP contribution is 2.73. The largest absolute Gasteiger partial charge is 0.462 e. The monoisotopic (exact) mass is 390 g/mol. The first kappa shape index (κ1) is 18.9. The van der Waals surface area contributed by atoms with Gasteiger partial charge < -0.3 is 14.2 Å². The van der Waals surface area contributed by atoms with E-state index in [1.165, 1.54) is 26.7 Å². The van der Waals surface area contributed by atoms with E-state index in [0.717, 1.165) is 38.5 Å². The van der Waals surface area contributed by atoms with Crippen LogP contribution in [0.3, 0.4) is 0 Å². The summed E-state index contributed by atoms with van der Waals surface area (Å²) in [6.45, 7) is 7.87. The van der Waals surface area contributed by atoms with Crippen LogP contribution in [0.5, 0.6) is 0 Å². The summed E-state index contributed by atoms with van der Waals surface area (Å²) in [5.74, 6) is 1.64. The quantitative estimate of drug-likeness (QED) is 0.526. The molecule has 5 rings (SSSR count). The SMILES string of the molecule is CC(=O)OC1CCC2(C)C3CCC4(C)C(OC(C)=O)CCC4C3CC3OC32C1. The van der Waals surface area contributed by atoms with Crippen LogP contribution in [0.1, 0.15) is 79.1 Å². The van der Waals surface area contributed by atoms with E-state index in [2.05, 4.69) is 13.8 Å². The first-order chi connectivity index (χ1) is 13.2. The molecule has 1 spiro atoms. The second kappa shape index (κ2) is 5.96. The van der Waals surface area contributed by atoms with Crippen LogP contribution in [-0.4, -0.2) is 35.9 Å². The molecule has 1 saturated heterocycles. The van der Waals surface area contributed by atoms with Crippen LogP contribution in [0.2, 0.25) is 0 Å². The highest BCUT2D eigenvalue weighted by atomic mass is 16.6. The van der Waals surface area contributed by atoms with Crippen LogP contribution < -0.4 is 0 Å². The molecule has 0 amide bonds. The highest BCUT2D eigenvalue weighted by Gasteiger charge is 2.76. The van der Waals surface area contributed by atoms with Crippen LogP contribution in [0.15, 0.2) is 0 Å². The van der Waals surface area contributed by atoms with Crippen LogP contribution >= 0.6 is 0 Å². The molecule has 4 aliphatic carbocycles. The Bertz CT molecular complexity index is 705. The minimum Gasteiger partial charge on any atom is -0.462 e. The van der Waals surface area contributed by atoms with Gasteiger partial charge in [0.05, 0.1) is 6.10 Å². The maximum absolute atomic E-state index is 11.6. The van der Waals surface area contributed by atoms with Crippen LogP contribution in [0, 0.1) is 28.6 Å². The van der Waals surface area contributed by atoms with Gasteiger partial charge >= 0.3 is 11.9 Å². The number of hydrogen-bond acceptors (Lipinski definition) is 5. The zero-order valence-electron chi connectivity index (χ0n) is 17.7. The van der Waals surface area contributed by atoms with Gasteiger partial charge in [-0.3, -0.25) is 9.59 Å². The van der Waals surface area contributed by atoms with Gasteiger partial charge in [-0.15, -0.1) is 0 Å². The summed E-state index contributed by atoms with van der Waals surface area (Å²) < 4.78 is 17.8. The molecule has 0 aromatic carbocycles. The molecule has 0 radical (unpaired) electrons. The van der Waals surface area contributed by atoms with E-state index >= 15 is 0 Å². The van der Waals surface area contributed by atoms with E-state index in [9.17, 15) is 9.59 Å². The lowest BCUT2D eigenvalue weighted by Gasteiger charge is -2.59. The Kier molecular flexibility index (Phi) is 4.02. The van der Waals surface area contributed by atoms with Crippen molar-refractivity contribution in [2.24, 2.45) is 28.6 Å². The van der Waals surface area contributed by atoms with Crippen LogP contribution in [0.4, 0.5) is 0 Å². The molecule has 9 atom stereocenters. The summed E-state index contributed by atoms with van der Waals surface area (Å²) in [7, 11) is 0. The van der Waals surface area contributed by atoms with Crippen LogP contribution in [-0.2, 0) is 23.8 Å². The number of carbonyl (C=O) groups excluding carboxylic acids is 2. The molecule has 0 aromatic rings. The average Bonchev–Trinajstić information content (AvgIpc) is 3.20. The second-order valence-corrected chi connectivity index (χ2v) is 10.7. The number of esters is 2. The van der Waals surface area contributed by atoms with E-state index in [4.69, 9.17) is 14.2 Å². The standard InChI is InChI=1S/C23H34O5/c1-13(24)26-15-7-10-22(4)18-8-9-21(3)17(5-6-19(21)27-14(2)25)16(18)11-20-23(22,12-15)28-20/h15-20H,5-12H2,1-4H3. The fourth-order valence-electron chi connectivity index (χ4n) is 8.32. The first-order valence-corrected chi connectivity index (χ1v) is 11.2. The molecule has 4 saturated carbocycles. The molecule has 156 valence electrons. The lowest BCUT2D eigenvalue weighted by molar-refractivity contribution is -0.164. The zero-order valence-corrected chi connectivity index (χ0v) is 17.7. The van der Waals surface area contributed by atoms with Gasteiger partial charge in [0, 0.05) is 31.1 Å².